The van der Waals surface area contributed by atoms with Gasteiger partial charge >= 0.3 is 0 Å². The van der Waals surface area contributed by atoms with Gasteiger partial charge in [0.1, 0.15) is 11.5 Å². The van der Waals surface area contributed by atoms with E-state index in [1.54, 1.807) is 0 Å². The number of carbonyl (C=O) groups excluding carboxylic acids is 1. The molecule has 0 aromatic heterocycles. The first kappa shape index (κ1) is 12.2. The summed E-state index contributed by atoms with van der Waals surface area (Å²) in [5.74, 6) is 1.26. The second-order valence-electron chi connectivity index (χ2n) is 4.70. The Hall–Kier alpha value is -1.31. The summed E-state index contributed by atoms with van der Waals surface area (Å²) in [6.07, 6.45) is 5.70. The van der Waals surface area contributed by atoms with Gasteiger partial charge in [0.05, 0.1) is 6.61 Å². The lowest BCUT2D eigenvalue weighted by Crippen LogP contribution is -2.13. The van der Waals surface area contributed by atoms with E-state index >= 15 is 0 Å². The number of aryl methyl sites for hydroxylation is 1. The van der Waals surface area contributed by atoms with Gasteiger partial charge in [-0.1, -0.05) is 25.8 Å². The molecule has 0 unspecified atom stereocenters. The van der Waals surface area contributed by atoms with Crippen molar-refractivity contribution in [3.63, 3.8) is 0 Å². The molecule has 17 heavy (non-hydrogen) atoms. The lowest BCUT2D eigenvalue weighted by Gasteiger charge is -2.16. The highest BCUT2D eigenvalue weighted by molar-refractivity contribution is 5.83. The van der Waals surface area contributed by atoms with E-state index in [-0.39, 0.29) is 0 Å². The van der Waals surface area contributed by atoms with Crippen LogP contribution in [0.3, 0.4) is 0 Å². The van der Waals surface area contributed by atoms with Crippen LogP contribution in [0.2, 0.25) is 0 Å². The molecule has 0 saturated carbocycles. The van der Waals surface area contributed by atoms with Gasteiger partial charge in [-0.15, -0.1) is 0 Å². The third kappa shape index (κ3) is 3.32. The number of benzene rings is 1. The number of ether oxygens (including phenoxy) is 1. The molecule has 0 N–H and O–H groups in total. The highest BCUT2D eigenvalue weighted by atomic mass is 16.5. The zero-order valence-corrected chi connectivity index (χ0v) is 10.5. The van der Waals surface area contributed by atoms with Crippen LogP contribution in [0.1, 0.15) is 43.7 Å². The van der Waals surface area contributed by atoms with Crippen LogP contribution in [-0.4, -0.2) is 12.4 Å². The Morgan fingerprint density at radius 1 is 1.18 bits per heavy atom. The predicted octanol–water partition coefficient (Wildman–Crippen LogP) is 3.31. The highest BCUT2D eigenvalue weighted by Gasteiger charge is 2.15. The number of unbranched alkanes of at least 4 members (excludes halogenated alkanes) is 2. The maximum atomic E-state index is 11.4. The normalized spacial score (nSPS) is 14.5. The SMILES string of the molecule is CCCCCOc1ccc2c(c1)CC(=O)CC2. The van der Waals surface area contributed by atoms with Crippen LogP contribution < -0.4 is 4.74 Å². The third-order valence-electron chi connectivity index (χ3n) is 3.26. The number of ketones is 1. The molecule has 0 amide bonds. The number of carbonyl (C=O) groups is 1. The Bertz CT molecular complexity index is 396. The molecule has 0 atom stereocenters. The number of hydrogen-bond donors (Lipinski definition) is 0. The Morgan fingerprint density at radius 2 is 2.06 bits per heavy atom. The van der Waals surface area contributed by atoms with Crippen molar-refractivity contribution in [3.8, 4) is 5.75 Å². The van der Waals surface area contributed by atoms with Gasteiger partial charge in [-0.3, -0.25) is 4.79 Å². The lowest BCUT2D eigenvalue weighted by atomic mass is 9.91. The van der Waals surface area contributed by atoms with Gasteiger partial charge in [0, 0.05) is 12.8 Å². The third-order valence-corrected chi connectivity index (χ3v) is 3.26. The number of fused-ring (bicyclic) bond motifs is 1. The van der Waals surface area contributed by atoms with E-state index in [1.807, 2.05) is 12.1 Å². The van der Waals surface area contributed by atoms with Crippen LogP contribution >= 0.6 is 0 Å². The number of Topliss-reactive ketones (excluding diaryl/α,β-unsaturated/α-hetero) is 1. The van der Waals surface area contributed by atoms with Crippen LogP contribution in [0.4, 0.5) is 0 Å². The lowest BCUT2D eigenvalue weighted by molar-refractivity contribution is -0.118. The summed E-state index contributed by atoms with van der Waals surface area (Å²) in [5, 5.41) is 0. The zero-order chi connectivity index (χ0) is 12.1. The minimum atomic E-state index is 0.348. The van der Waals surface area contributed by atoms with Gasteiger partial charge in [-0.25, -0.2) is 0 Å². The first-order valence-electron chi connectivity index (χ1n) is 6.56. The summed E-state index contributed by atoms with van der Waals surface area (Å²) in [4.78, 5) is 11.4. The molecule has 0 heterocycles. The van der Waals surface area contributed by atoms with Gasteiger partial charge in [-0.2, -0.15) is 0 Å². The fourth-order valence-electron chi connectivity index (χ4n) is 2.22. The molecular weight excluding hydrogens is 212 g/mol. The van der Waals surface area contributed by atoms with E-state index in [0.29, 0.717) is 18.6 Å². The van der Waals surface area contributed by atoms with E-state index < -0.39 is 0 Å². The smallest absolute Gasteiger partial charge is 0.137 e. The van der Waals surface area contributed by atoms with Gasteiger partial charge < -0.3 is 4.74 Å². The Morgan fingerprint density at radius 3 is 2.88 bits per heavy atom. The van der Waals surface area contributed by atoms with Crippen molar-refractivity contribution in [2.75, 3.05) is 6.61 Å². The van der Waals surface area contributed by atoms with Crippen molar-refractivity contribution < 1.29 is 9.53 Å². The largest absolute Gasteiger partial charge is 0.494 e. The summed E-state index contributed by atoms with van der Waals surface area (Å²) >= 11 is 0. The molecule has 1 aromatic rings. The Kier molecular flexibility index (Phi) is 4.18. The van der Waals surface area contributed by atoms with Crippen molar-refractivity contribution in [3.05, 3.63) is 29.3 Å². The van der Waals surface area contributed by atoms with E-state index in [0.717, 1.165) is 30.8 Å². The molecule has 2 rings (SSSR count). The summed E-state index contributed by atoms with van der Waals surface area (Å²) in [6, 6.07) is 6.18. The van der Waals surface area contributed by atoms with E-state index in [2.05, 4.69) is 13.0 Å². The predicted molar refractivity (Wildman–Crippen MR) is 68.5 cm³/mol. The number of rotatable bonds is 5. The maximum Gasteiger partial charge on any atom is 0.137 e. The van der Waals surface area contributed by atoms with E-state index in [1.165, 1.54) is 18.4 Å². The van der Waals surface area contributed by atoms with Gasteiger partial charge in [0.25, 0.3) is 0 Å². The quantitative estimate of drug-likeness (QED) is 0.728. The molecule has 1 aliphatic carbocycles. The van der Waals surface area contributed by atoms with Gasteiger partial charge in [0.15, 0.2) is 0 Å². The fraction of sp³-hybridized carbons (Fsp3) is 0.533. The zero-order valence-electron chi connectivity index (χ0n) is 10.5. The average molecular weight is 232 g/mol. The highest BCUT2D eigenvalue weighted by Crippen LogP contribution is 2.24. The minimum absolute atomic E-state index is 0.348. The summed E-state index contributed by atoms with van der Waals surface area (Å²) in [5.41, 5.74) is 2.47. The monoisotopic (exact) mass is 232 g/mol. The summed E-state index contributed by atoms with van der Waals surface area (Å²) in [6.45, 7) is 2.96. The van der Waals surface area contributed by atoms with Crippen molar-refractivity contribution in [1.29, 1.82) is 0 Å². The standard InChI is InChI=1S/C15H20O2/c1-2-3-4-9-17-15-8-6-12-5-7-14(16)10-13(12)11-15/h6,8,11H,2-5,7,9-10H2,1H3. The second-order valence-corrected chi connectivity index (χ2v) is 4.70. The molecule has 0 fully saturated rings. The molecule has 0 radical (unpaired) electrons. The molecule has 0 saturated heterocycles. The van der Waals surface area contributed by atoms with Gasteiger partial charge in [-0.05, 0) is 36.1 Å². The van der Waals surface area contributed by atoms with E-state index in [9.17, 15) is 4.79 Å². The van der Waals surface area contributed by atoms with E-state index in [4.69, 9.17) is 4.74 Å². The molecule has 1 aliphatic rings. The first-order chi connectivity index (χ1) is 8.29. The summed E-state index contributed by atoms with van der Waals surface area (Å²) in [7, 11) is 0. The second kappa shape index (κ2) is 5.85. The van der Waals surface area contributed by atoms with Crippen molar-refractivity contribution in [1.82, 2.24) is 0 Å². The number of hydrogen-bond acceptors (Lipinski definition) is 2. The fourth-order valence-corrected chi connectivity index (χ4v) is 2.22. The Labute approximate surface area is 103 Å². The topological polar surface area (TPSA) is 26.3 Å². The van der Waals surface area contributed by atoms with Gasteiger partial charge in [0.2, 0.25) is 0 Å². The van der Waals surface area contributed by atoms with Crippen molar-refractivity contribution in [2.24, 2.45) is 0 Å². The molecule has 1 aromatic carbocycles. The van der Waals surface area contributed by atoms with Crippen LogP contribution in [-0.2, 0) is 17.6 Å². The first-order valence-corrected chi connectivity index (χ1v) is 6.56. The molecule has 2 nitrogen and oxygen atoms in total. The van der Waals surface area contributed by atoms with Crippen molar-refractivity contribution in [2.45, 2.75) is 45.4 Å². The van der Waals surface area contributed by atoms with Crippen LogP contribution in [0.5, 0.6) is 5.75 Å². The van der Waals surface area contributed by atoms with Crippen molar-refractivity contribution >= 4 is 5.78 Å². The molecule has 2 heteroatoms. The van der Waals surface area contributed by atoms with Crippen LogP contribution in [0.25, 0.3) is 0 Å². The molecule has 0 spiro atoms. The molecule has 92 valence electrons. The Balaban J connectivity index is 1.95. The van der Waals surface area contributed by atoms with Crippen LogP contribution in [0.15, 0.2) is 18.2 Å². The van der Waals surface area contributed by atoms with Crippen LogP contribution in [0, 0.1) is 0 Å². The maximum absolute atomic E-state index is 11.4. The summed E-state index contributed by atoms with van der Waals surface area (Å²) < 4.78 is 5.70. The molecule has 0 aliphatic heterocycles. The average Bonchev–Trinajstić information content (AvgIpc) is 2.34. The molecular formula is C15H20O2. The minimum Gasteiger partial charge on any atom is -0.494 e. The molecule has 0 bridgehead atoms.